The highest BCUT2D eigenvalue weighted by atomic mass is 19.3. The van der Waals surface area contributed by atoms with Crippen LogP contribution in [0.1, 0.15) is 18.5 Å². The Hall–Kier alpha value is -5.32. The van der Waals surface area contributed by atoms with E-state index in [0.717, 1.165) is 28.2 Å². The largest absolute Gasteiger partial charge is 0.461 e. The number of hydrogen-bond acceptors (Lipinski definition) is 8. The fourth-order valence-electron chi connectivity index (χ4n) is 5.78. The molecule has 5 aromatic rings. The van der Waals surface area contributed by atoms with Gasteiger partial charge in [-0.05, 0) is 61.5 Å². The predicted octanol–water partition coefficient (Wildman–Crippen LogP) is 4.62. The summed E-state index contributed by atoms with van der Waals surface area (Å²) >= 11 is 0. The molecule has 0 aliphatic carbocycles. The summed E-state index contributed by atoms with van der Waals surface area (Å²) in [5.74, 6) is -2.19. The highest BCUT2D eigenvalue weighted by molar-refractivity contribution is 5.54. The standard InChI is InChI=1S/C32H30F6N8O3/c1-21(31(48,17-44-19-39-18-40-44)27-11-2-22(33)16-28(27)34)46-30(47)45(20-41-46)25-5-3-23(4-6-25)42-12-14-43(15-13-42)24-7-9-26(10-8-24)49-32(37,38)29(35)36/h2-11,16,18-21,29,48H,12-15,17H2,1H3/t21-,31-/m1/s1. The number of piperazine rings is 1. The number of ether oxygens (including phenoxy) is 1. The maximum Gasteiger partial charge on any atom is 0.461 e. The summed E-state index contributed by atoms with van der Waals surface area (Å²) in [7, 11) is 0. The van der Waals surface area contributed by atoms with E-state index >= 15 is 0 Å². The number of nitrogens with zero attached hydrogens (tertiary/aromatic N) is 8. The summed E-state index contributed by atoms with van der Waals surface area (Å²) in [6, 6.07) is 14.3. The zero-order valence-electron chi connectivity index (χ0n) is 25.9. The van der Waals surface area contributed by atoms with Gasteiger partial charge in [-0.15, -0.1) is 0 Å². The minimum absolute atomic E-state index is 0.247. The Balaban J connectivity index is 1.14. The molecule has 3 aromatic carbocycles. The van der Waals surface area contributed by atoms with Crippen molar-refractivity contribution in [1.82, 2.24) is 29.1 Å². The molecule has 17 heteroatoms. The molecule has 1 aliphatic heterocycles. The first-order chi connectivity index (χ1) is 23.4. The van der Waals surface area contributed by atoms with Crippen LogP contribution in [0, 0.1) is 11.6 Å². The van der Waals surface area contributed by atoms with Gasteiger partial charge in [0.15, 0.2) is 0 Å². The van der Waals surface area contributed by atoms with Gasteiger partial charge in [-0.1, -0.05) is 6.07 Å². The van der Waals surface area contributed by atoms with Crippen LogP contribution < -0.4 is 20.2 Å². The normalized spacial score (nSPS) is 15.8. The zero-order valence-corrected chi connectivity index (χ0v) is 25.9. The molecule has 3 heterocycles. The molecule has 2 aromatic heterocycles. The summed E-state index contributed by atoms with van der Waals surface area (Å²) in [5, 5.41) is 20.1. The second kappa shape index (κ2) is 13.3. The molecular formula is C32H30F6N8O3. The van der Waals surface area contributed by atoms with Gasteiger partial charge in [0.25, 0.3) is 0 Å². The van der Waals surface area contributed by atoms with Gasteiger partial charge in [-0.25, -0.2) is 32.5 Å². The molecule has 49 heavy (non-hydrogen) atoms. The molecule has 1 fully saturated rings. The smallest absolute Gasteiger partial charge is 0.428 e. The van der Waals surface area contributed by atoms with E-state index in [1.165, 1.54) is 59.4 Å². The van der Waals surface area contributed by atoms with Crippen LogP contribution in [0.5, 0.6) is 5.75 Å². The molecule has 0 radical (unpaired) electrons. The van der Waals surface area contributed by atoms with Crippen molar-refractivity contribution < 1.29 is 36.2 Å². The summed E-state index contributed by atoms with van der Waals surface area (Å²) in [6.07, 6.45) is -4.68. The third-order valence-electron chi connectivity index (χ3n) is 8.50. The first-order valence-corrected chi connectivity index (χ1v) is 15.1. The van der Waals surface area contributed by atoms with Crippen molar-refractivity contribution in [3.8, 4) is 11.4 Å². The minimum atomic E-state index is -4.58. The number of halogens is 6. The van der Waals surface area contributed by atoms with Gasteiger partial charge < -0.3 is 19.6 Å². The van der Waals surface area contributed by atoms with E-state index in [1.54, 1.807) is 12.1 Å². The van der Waals surface area contributed by atoms with E-state index in [9.17, 15) is 36.2 Å². The zero-order chi connectivity index (χ0) is 34.9. The van der Waals surface area contributed by atoms with Crippen molar-refractivity contribution in [2.75, 3.05) is 36.0 Å². The quantitative estimate of drug-likeness (QED) is 0.201. The second-order valence-electron chi connectivity index (χ2n) is 11.5. The first-order valence-electron chi connectivity index (χ1n) is 15.1. The maximum atomic E-state index is 15.0. The van der Waals surface area contributed by atoms with Crippen molar-refractivity contribution >= 4 is 11.4 Å². The van der Waals surface area contributed by atoms with Gasteiger partial charge in [0.05, 0.1) is 18.3 Å². The van der Waals surface area contributed by atoms with Crippen LogP contribution in [0.4, 0.5) is 37.7 Å². The Morgan fingerprint density at radius 3 is 2.00 bits per heavy atom. The molecule has 0 amide bonds. The summed E-state index contributed by atoms with van der Waals surface area (Å²) in [5.41, 5.74) is -0.850. The van der Waals surface area contributed by atoms with E-state index in [-0.39, 0.29) is 17.9 Å². The monoisotopic (exact) mass is 688 g/mol. The minimum Gasteiger partial charge on any atom is -0.428 e. The van der Waals surface area contributed by atoms with E-state index in [4.69, 9.17) is 0 Å². The number of alkyl halides is 4. The molecular weight excluding hydrogens is 658 g/mol. The lowest BCUT2D eigenvalue weighted by Crippen LogP contribution is -2.46. The van der Waals surface area contributed by atoms with Crippen molar-refractivity contribution in [2.24, 2.45) is 0 Å². The Kier molecular flexibility index (Phi) is 9.11. The van der Waals surface area contributed by atoms with E-state index in [2.05, 4.69) is 24.8 Å². The summed E-state index contributed by atoms with van der Waals surface area (Å²) in [4.78, 5) is 21.6. The molecule has 2 atom stereocenters. The Morgan fingerprint density at radius 2 is 1.45 bits per heavy atom. The number of benzene rings is 3. The Labute approximate surface area is 275 Å². The van der Waals surface area contributed by atoms with Crippen LogP contribution in [0.2, 0.25) is 0 Å². The van der Waals surface area contributed by atoms with Crippen molar-refractivity contribution in [3.05, 3.63) is 113 Å². The van der Waals surface area contributed by atoms with Gasteiger partial charge in [-0.2, -0.15) is 27.8 Å². The van der Waals surface area contributed by atoms with Crippen LogP contribution in [0.25, 0.3) is 5.69 Å². The topological polar surface area (TPSA) is 106 Å². The predicted molar refractivity (Wildman–Crippen MR) is 165 cm³/mol. The van der Waals surface area contributed by atoms with E-state index in [0.29, 0.717) is 37.9 Å². The van der Waals surface area contributed by atoms with Gasteiger partial charge in [-0.3, -0.25) is 0 Å². The van der Waals surface area contributed by atoms with Crippen LogP contribution >= 0.6 is 0 Å². The third-order valence-corrected chi connectivity index (χ3v) is 8.50. The number of aliphatic hydroxyl groups is 1. The maximum absolute atomic E-state index is 15.0. The third kappa shape index (κ3) is 6.83. The van der Waals surface area contributed by atoms with Crippen LogP contribution in [0.3, 0.4) is 0 Å². The van der Waals surface area contributed by atoms with Gasteiger partial charge in [0, 0.05) is 49.2 Å². The molecule has 0 bridgehead atoms. The molecule has 6 rings (SSSR count). The fraction of sp³-hybridized carbons (Fsp3) is 0.312. The van der Waals surface area contributed by atoms with Crippen LogP contribution in [-0.2, 0) is 12.1 Å². The second-order valence-corrected chi connectivity index (χ2v) is 11.5. The van der Waals surface area contributed by atoms with Crippen molar-refractivity contribution in [3.63, 3.8) is 0 Å². The Morgan fingerprint density at radius 1 is 0.857 bits per heavy atom. The molecule has 0 spiro atoms. The highest BCUT2D eigenvalue weighted by Gasteiger charge is 2.44. The molecule has 0 saturated carbocycles. The Bertz CT molecular complexity index is 1930. The van der Waals surface area contributed by atoms with E-state index in [1.807, 2.05) is 17.0 Å². The number of rotatable bonds is 11. The van der Waals surface area contributed by atoms with Gasteiger partial charge in [0.1, 0.15) is 42.0 Å². The number of aromatic nitrogens is 6. The molecule has 1 aliphatic rings. The van der Waals surface area contributed by atoms with Gasteiger partial charge >= 0.3 is 18.2 Å². The molecule has 1 N–H and O–H groups in total. The lowest BCUT2D eigenvalue weighted by Gasteiger charge is -2.37. The molecule has 1 saturated heterocycles. The average Bonchev–Trinajstić information content (AvgIpc) is 3.74. The summed E-state index contributed by atoms with van der Waals surface area (Å²) < 4.78 is 87.7. The molecule has 258 valence electrons. The number of anilines is 2. The van der Waals surface area contributed by atoms with Crippen LogP contribution in [0.15, 0.2) is 90.5 Å². The average molecular weight is 689 g/mol. The van der Waals surface area contributed by atoms with Crippen molar-refractivity contribution in [1.29, 1.82) is 0 Å². The molecule has 11 nitrogen and oxygen atoms in total. The lowest BCUT2D eigenvalue weighted by molar-refractivity contribution is -0.253. The molecule has 0 unspecified atom stereocenters. The SMILES string of the molecule is C[C@@H](n1ncn(-c2ccc(N3CCN(c4ccc(OC(F)(F)C(F)F)cc4)CC3)cc2)c1=O)[C@](O)(Cn1cncn1)c1ccc(F)cc1F. The lowest BCUT2D eigenvalue weighted by atomic mass is 9.86. The number of hydrogen-bond donors (Lipinski definition) is 1. The highest BCUT2D eigenvalue weighted by Crippen LogP contribution is 2.36. The van der Waals surface area contributed by atoms with Gasteiger partial charge in [0.2, 0.25) is 0 Å². The van der Waals surface area contributed by atoms with Crippen molar-refractivity contribution in [2.45, 2.75) is 37.6 Å². The van der Waals surface area contributed by atoms with E-state index < -0.39 is 41.5 Å². The fourth-order valence-corrected chi connectivity index (χ4v) is 5.78. The first kappa shape index (κ1) is 33.6. The van der Waals surface area contributed by atoms with Crippen LogP contribution in [-0.4, -0.2) is 72.9 Å². The summed E-state index contributed by atoms with van der Waals surface area (Å²) in [6.45, 7) is 3.59.